The molecule has 178 valence electrons. The molecule has 1 atom stereocenters. The van der Waals surface area contributed by atoms with Crippen LogP contribution in [0.2, 0.25) is 0 Å². The molecule has 1 N–H and O–H groups in total. The molecule has 2 aromatic heterocycles. The summed E-state index contributed by atoms with van der Waals surface area (Å²) in [5, 5.41) is 11.0. The van der Waals surface area contributed by atoms with Crippen LogP contribution in [0.4, 0.5) is 8.78 Å². The molecule has 0 saturated heterocycles. The standard InChI is InChI=1S/C27H24F2N4O2/c1-27(14-30,26-32-22-10-8-19(25(34)35-2)23(29)24(22)33-26)16-5-3-15(4-6-16)18-11-12-31-21-9-7-17(28)13-20(18)21/h7-13,15-16H,3-6H2,1-2H3,(H,32,33). The maximum absolute atomic E-state index is 15.0. The summed E-state index contributed by atoms with van der Waals surface area (Å²) in [6, 6.07) is 11.9. The van der Waals surface area contributed by atoms with E-state index in [1.54, 1.807) is 18.3 Å². The summed E-state index contributed by atoms with van der Waals surface area (Å²) >= 11 is 0. The van der Waals surface area contributed by atoms with E-state index in [9.17, 15) is 18.8 Å². The Morgan fingerprint density at radius 2 is 1.89 bits per heavy atom. The van der Waals surface area contributed by atoms with Gasteiger partial charge in [0.05, 0.1) is 29.8 Å². The summed E-state index contributed by atoms with van der Waals surface area (Å²) in [5.41, 5.74) is 1.13. The number of nitrogens with one attached hydrogen (secondary N) is 1. The van der Waals surface area contributed by atoms with Crippen molar-refractivity contribution in [3.05, 3.63) is 71.2 Å². The van der Waals surface area contributed by atoms with Crippen LogP contribution >= 0.6 is 0 Å². The first-order chi connectivity index (χ1) is 16.9. The number of aromatic nitrogens is 3. The minimum Gasteiger partial charge on any atom is -0.465 e. The van der Waals surface area contributed by atoms with Crippen molar-refractivity contribution in [3.63, 3.8) is 0 Å². The minimum atomic E-state index is -0.964. The van der Waals surface area contributed by atoms with Gasteiger partial charge in [-0.15, -0.1) is 0 Å². The molecule has 8 heteroatoms. The molecule has 1 aliphatic carbocycles. The van der Waals surface area contributed by atoms with Gasteiger partial charge in [-0.3, -0.25) is 4.98 Å². The Hall–Kier alpha value is -3.86. The van der Waals surface area contributed by atoms with Gasteiger partial charge in [0.2, 0.25) is 0 Å². The topological polar surface area (TPSA) is 91.7 Å². The van der Waals surface area contributed by atoms with Crippen molar-refractivity contribution in [2.45, 2.75) is 43.9 Å². The summed E-state index contributed by atoms with van der Waals surface area (Å²) in [6.07, 6.45) is 4.95. The van der Waals surface area contributed by atoms with Gasteiger partial charge in [-0.05, 0) is 86.4 Å². The number of methoxy groups -OCH3 is 1. The number of benzene rings is 2. The lowest BCUT2D eigenvalue weighted by molar-refractivity contribution is 0.0596. The van der Waals surface area contributed by atoms with Crippen LogP contribution in [0.25, 0.3) is 21.9 Å². The highest BCUT2D eigenvalue weighted by atomic mass is 19.1. The van der Waals surface area contributed by atoms with Crippen molar-refractivity contribution in [2.75, 3.05) is 7.11 Å². The maximum atomic E-state index is 15.0. The first kappa shape index (κ1) is 22.9. The number of rotatable bonds is 4. The second-order valence-electron chi connectivity index (χ2n) is 9.32. The van der Waals surface area contributed by atoms with Gasteiger partial charge in [0, 0.05) is 11.6 Å². The van der Waals surface area contributed by atoms with Crippen molar-refractivity contribution in [1.29, 1.82) is 5.26 Å². The van der Waals surface area contributed by atoms with E-state index in [-0.39, 0.29) is 28.7 Å². The van der Waals surface area contributed by atoms with E-state index in [4.69, 9.17) is 0 Å². The van der Waals surface area contributed by atoms with Crippen LogP contribution in [0.3, 0.4) is 0 Å². The number of imidazole rings is 1. The summed E-state index contributed by atoms with van der Waals surface area (Å²) in [7, 11) is 1.19. The molecule has 1 fully saturated rings. The Balaban J connectivity index is 1.42. The van der Waals surface area contributed by atoms with Crippen molar-refractivity contribution < 1.29 is 18.3 Å². The normalized spacial score (nSPS) is 19.9. The summed E-state index contributed by atoms with van der Waals surface area (Å²) in [6.45, 7) is 1.83. The van der Waals surface area contributed by atoms with Crippen LogP contribution in [0.1, 0.15) is 60.3 Å². The Morgan fingerprint density at radius 3 is 2.60 bits per heavy atom. The molecule has 4 aromatic rings. The van der Waals surface area contributed by atoms with Gasteiger partial charge < -0.3 is 9.72 Å². The Labute approximate surface area is 201 Å². The lowest BCUT2D eigenvalue weighted by atomic mass is 9.67. The molecule has 0 amide bonds. The number of aromatic amines is 1. The highest BCUT2D eigenvalue weighted by Gasteiger charge is 2.41. The molecule has 0 radical (unpaired) electrons. The van der Waals surface area contributed by atoms with Crippen LogP contribution in [-0.4, -0.2) is 28.0 Å². The van der Waals surface area contributed by atoms with Crippen LogP contribution < -0.4 is 0 Å². The predicted octanol–water partition coefficient (Wildman–Crippen LogP) is 5.93. The van der Waals surface area contributed by atoms with Gasteiger partial charge in [-0.25, -0.2) is 18.6 Å². The number of halogens is 2. The highest BCUT2D eigenvalue weighted by Crippen LogP contribution is 2.45. The van der Waals surface area contributed by atoms with E-state index in [0.29, 0.717) is 11.3 Å². The van der Waals surface area contributed by atoms with Crippen LogP contribution in [0.15, 0.2) is 42.6 Å². The molecule has 2 heterocycles. The lowest BCUT2D eigenvalue weighted by Gasteiger charge is -2.36. The van der Waals surface area contributed by atoms with Gasteiger partial charge >= 0.3 is 5.97 Å². The minimum absolute atomic E-state index is 0.00251. The van der Waals surface area contributed by atoms with E-state index in [1.807, 2.05) is 13.0 Å². The highest BCUT2D eigenvalue weighted by molar-refractivity contribution is 5.94. The Morgan fingerprint density at radius 1 is 1.14 bits per heavy atom. The molecular weight excluding hydrogens is 450 g/mol. The lowest BCUT2D eigenvalue weighted by Crippen LogP contribution is -2.34. The zero-order chi connectivity index (χ0) is 24.7. The molecule has 0 aliphatic heterocycles. The van der Waals surface area contributed by atoms with Crippen LogP contribution in [0, 0.1) is 28.9 Å². The van der Waals surface area contributed by atoms with E-state index >= 15 is 0 Å². The zero-order valence-corrected chi connectivity index (χ0v) is 19.4. The first-order valence-corrected chi connectivity index (χ1v) is 11.6. The molecule has 0 spiro atoms. The quantitative estimate of drug-likeness (QED) is 0.370. The molecule has 0 bridgehead atoms. The fraction of sp³-hybridized carbons (Fsp3) is 0.333. The third kappa shape index (κ3) is 3.81. The number of pyridine rings is 1. The summed E-state index contributed by atoms with van der Waals surface area (Å²) in [5.74, 6) is -1.19. The number of hydrogen-bond donors (Lipinski definition) is 1. The van der Waals surface area contributed by atoms with E-state index in [2.05, 4.69) is 25.8 Å². The fourth-order valence-electron chi connectivity index (χ4n) is 5.37. The van der Waals surface area contributed by atoms with E-state index in [1.165, 1.54) is 25.3 Å². The van der Waals surface area contributed by atoms with E-state index in [0.717, 1.165) is 42.1 Å². The molecule has 35 heavy (non-hydrogen) atoms. The third-order valence-electron chi connectivity index (χ3n) is 7.45. The average molecular weight is 475 g/mol. The molecule has 5 rings (SSSR count). The molecular formula is C27H24F2N4O2. The average Bonchev–Trinajstić information content (AvgIpc) is 3.34. The molecule has 1 saturated carbocycles. The van der Waals surface area contributed by atoms with Gasteiger partial charge in [-0.2, -0.15) is 5.26 Å². The first-order valence-electron chi connectivity index (χ1n) is 11.6. The van der Waals surface area contributed by atoms with E-state index < -0.39 is 17.2 Å². The van der Waals surface area contributed by atoms with Crippen LogP contribution in [0.5, 0.6) is 0 Å². The van der Waals surface area contributed by atoms with Crippen molar-refractivity contribution in [2.24, 2.45) is 5.92 Å². The predicted molar refractivity (Wildman–Crippen MR) is 127 cm³/mol. The molecule has 2 aromatic carbocycles. The fourth-order valence-corrected chi connectivity index (χ4v) is 5.37. The maximum Gasteiger partial charge on any atom is 0.340 e. The number of nitrogens with zero attached hydrogens (tertiary/aromatic N) is 3. The van der Waals surface area contributed by atoms with Crippen molar-refractivity contribution in [1.82, 2.24) is 15.0 Å². The van der Waals surface area contributed by atoms with Crippen LogP contribution in [-0.2, 0) is 10.2 Å². The smallest absolute Gasteiger partial charge is 0.340 e. The SMILES string of the molecule is COC(=O)c1ccc2nc(C(C)(C#N)C3CCC(c4ccnc5ccc(F)cc45)CC3)[nH]c2c1F. The molecule has 6 nitrogen and oxygen atoms in total. The summed E-state index contributed by atoms with van der Waals surface area (Å²) < 4.78 is 33.5. The zero-order valence-electron chi connectivity index (χ0n) is 19.4. The van der Waals surface area contributed by atoms with Gasteiger partial charge in [0.15, 0.2) is 5.82 Å². The summed E-state index contributed by atoms with van der Waals surface area (Å²) in [4.78, 5) is 23.7. The number of carbonyl (C=O) groups is 1. The number of esters is 1. The second kappa shape index (κ2) is 8.73. The number of ether oxygens (including phenoxy) is 1. The number of carbonyl (C=O) groups excluding carboxylic acids is 1. The molecule has 1 unspecified atom stereocenters. The number of fused-ring (bicyclic) bond motifs is 2. The Kier molecular flexibility index (Phi) is 5.72. The monoisotopic (exact) mass is 474 g/mol. The molecule has 1 aliphatic rings. The Bertz CT molecular complexity index is 1480. The van der Waals surface area contributed by atoms with Gasteiger partial charge in [0.25, 0.3) is 0 Å². The van der Waals surface area contributed by atoms with Crippen molar-refractivity contribution in [3.8, 4) is 6.07 Å². The largest absolute Gasteiger partial charge is 0.465 e. The van der Waals surface area contributed by atoms with Gasteiger partial charge in [0.1, 0.15) is 22.6 Å². The van der Waals surface area contributed by atoms with Crippen molar-refractivity contribution >= 4 is 27.9 Å². The van der Waals surface area contributed by atoms with Gasteiger partial charge in [-0.1, -0.05) is 0 Å². The number of H-pyrrole nitrogens is 1. The number of hydrogen-bond acceptors (Lipinski definition) is 5. The third-order valence-corrected chi connectivity index (χ3v) is 7.45. The number of nitriles is 1. The second-order valence-corrected chi connectivity index (χ2v) is 9.32.